The first-order chi connectivity index (χ1) is 53.5. The Bertz CT molecular complexity index is 7570. The van der Waals surface area contributed by atoms with Gasteiger partial charge in [-0.2, -0.15) is 0 Å². The lowest BCUT2D eigenvalue weighted by Crippen LogP contribution is -2.00. The van der Waals surface area contributed by atoms with Gasteiger partial charge in [0.15, 0.2) is 34.9 Å². The van der Waals surface area contributed by atoms with E-state index in [0.717, 1.165) is 155 Å². The highest BCUT2D eigenvalue weighted by Crippen LogP contribution is 2.45. The second-order valence-corrected chi connectivity index (χ2v) is 28.3. The van der Waals surface area contributed by atoms with E-state index in [9.17, 15) is 0 Å². The van der Waals surface area contributed by atoms with E-state index in [2.05, 4.69) is 270 Å². The maximum atomic E-state index is 6.85. The van der Waals surface area contributed by atoms with Crippen LogP contribution in [-0.2, 0) is 0 Å². The largest absolute Gasteiger partial charge is 0.456 e. The SMILES string of the molecule is c1ccc(-c2cccc(-c3nc(-c4ccc5oc6ccccc6c5c4)nc(-c4cccc5c4oc4cc6c7ccccc7n(-c7ccccc7)c6cc45)n3)c2)cc1.c1ccc(-c2nc(-c3ccc4c(c3)sc3ccccc34)nc(-c3cccc4c3oc3cc5c6ccccc6n(-c6ccccc6)c5cc34)n2)cc1. The van der Waals surface area contributed by atoms with Crippen LogP contribution in [0.4, 0.5) is 0 Å². The summed E-state index contributed by atoms with van der Waals surface area (Å²) in [5.74, 6) is 3.49. The Morgan fingerprint density at radius 1 is 0.204 bits per heavy atom. The third kappa shape index (κ3) is 10.0. The number of benzene rings is 15. The average molecular weight is 1400 g/mol. The second kappa shape index (κ2) is 24.6. The number of nitrogens with zero attached hydrogens (tertiary/aromatic N) is 8. The van der Waals surface area contributed by atoms with Crippen LogP contribution in [0.2, 0.25) is 0 Å². The molecule has 0 amide bonds. The van der Waals surface area contributed by atoms with Crippen molar-refractivity contribution in [2.45, 2.75) is 0 Å². The van der Waals surface area contributed by atoms with Gasteiger partial charge in [-0.3, -0.25) is 0 Å². The molecule has 0 saturated carbocycles. The van der Waals surface area contributed by atoms with Gasteiger partial charge < -0.3 is 22.4 Å². The zero-order chi connectivity index (χ0) is 70.9. The fourth-order valence-electron chi connectivity index (χ4n) is 15.9. The third-order valence-corrected chi connectivity index (χ3v) is 22.0. The van der Waals surface area contributed by atoms with Gasteiger partial charge in [0.1, 0.15) is 33.5 Å². The van der Waals surface area contributed by atoms with Crippen molar-refractivity contribution in [2.24, 2.45) is 0 Å². The van der Waals surface area contributed by atoms with Gasteiger partial charge in [-0.25, -0.2) is 29.9 Å². The predicted octanol–water partition coefficient (Wildman–Crippen LogP) is 25.7. The molecule has 23 aromatic rings. The molecular weight excluding hydrogens is 1350 g/mol. The first-order valence-electron chi connectivity index (χ1n) is 36.0. The second-order valence-electron chi connectivity index (χ2n) is 27.2. The summed E-state index contributed by atoms with van der Waals surface area (Å²) in [7, 11) is 0. The molecule has 15 aromatic carbocycles. The van der Waals surface area contributed by atoms with Crippen LogP contribution in [0.1, 0.15) is 0 Å². The number of fused-ring (bicyclic) bond motifs is 18. The van der Waals surface area contributed by atoms with E-state index in [1.807, 2.05) is 78.9 Å². The Morgan fingerprint density at radius 2 is 0.611 bits per heavy atom. The van der Waals surface area contributed by atoms with E-state index in [4.69, 9.17) is 43.2 Å². The Balaban J connectivity index is 0.000000135. The minimum atomic E-state index is 0.533. The van der Waals surface area contributed by atoms with Gasteiger partial charge in [-0.05, 0) is 126 Å². The molecule has 11 nitrogen and oxygen atoms in total. The zero-order valence-electron chi connectivity index (χ0n) is 57.5. The molecule has 0 bridgehead atoms. The molecule has 0 radical (unpaired) electrons. The standard InChI is InChI=1S/C51H30N4O2.C45H26N4OS/c1-3-13-31(14-4-1)32-15-11-16-33(27-32)49-52-50(34-25-26-46-41(28-34)37-20-8-10-24-45(37)56-46)54-51(53-49)39-22-12-21-38-42-29-44-40(30-47(42)57-48(38)39)36-19-7-9-23-43(36)55(44)35-17-5-2-6-18-35;1-3-12-27(13-4-1)43-46-44(28-22-23-32-31-17-8-10-21-40(31)51-41(32)24-28)48-45(47-43)34-19-11-18-33-36-25-38-35(26-39(36)50-42(33)34)30-16-7-9-20-37(30)49(38)29-14-5-2-6-15-29/h1-30H;1-26H. The number of furan rings is 3. The number of thiophene rings is 1. The van der Waals surface area contributed by atoms with Crippen molar-refractivity contribution in [2.75, 3.05) is 0 Å². The summed E-state index contributed by atoms with van der Waals surface area (Å²) in [6.45, 7) is 0. The molecule has 0 N–H and O–H groups in total. The lowest BCUT2D eigenvalue weighted by atomic mass is 10.0. The summed E-state index contributed by atoms with van der Waals surface area (Å²) in [5.41, 5.74) is 19.0. The van der Waals surface area contributed by atoms with E-state index >= 15 is 0 Å². The fourth-order valence-corrected chi connectivity index (χ4v) is 17.0. The van der Waals surface area contributed by atoms with E-state index < -0.39 is 0 Å². The summed E-state index contributed by atoms with van der Waals surface area (Å²) >= 11 is 1.79. The summed E-state index contributed by atoms with van der Waals surface area (Å²) in [5, 5.41) is 13.3. The molecule has 0 aliphatic heterocycles. The maximum Gasteiger partial charge on any atom is 0.167 e. The normalized spacial score (nSPS) is 11.9. The van der Waals surface area contributed by atoms with Gasteiger partial charge >= 0.3 is 0 Å². The van der Waals surface area contributed by atoms with Crippen molar-refractivity contribution >= 4 is 141 Å². The Hall–Kier alpha value is -14.5. The lowest BCUT2D eigenvalue weighted by Gasteiger charge is -2.10. The Kier molecular flexibility index (Phi) is 13.9. The molecule has 12 heteroatoms. The van der Waals surface area contributed by atoms with Gasteiger partial charge in [-0.15, -0.1) is 11.3 Å². The van der Waals surface area contributed by atoms with E-state index in [0.29, 0.717) is 34.9 Å². The molecule has 0 fully saturated rings. The first kappa shape index (κ1) is 61.1. The molecule has 23 rings (SSSR count). The number of rotatable bonds is 9. The smallest absolute Gasteiger partial charge is 0.167 e. The number of hydrogen-bond acceptors (Lipinski definition) is 10. The van der Waals surface area contributed by atoms with Gasteiger partial charge in [0, 0.05) is 108 Å². The molecule has 0 aliphatic rings. The molecule has 108 heavy (non-hydrogen) atoms. The highest BCUT2D eigenvalue weighted by atomic mass is 32.1. The molecule has 0 unspecified atom stereocenters. The monoisotopic (exact) mass is 1400 g/mol. The van der Waals surface area contributed by atoms with Gasteiger partial charge in [0.25, 0.3) is 0 Å². The summed E-state index contributed by atoms with van der Waals surface area (Å²) < 4.78 is 27.0. The Labute approximate surface area is 619 Å². The van der Waals surface area contributed by atoms with Crippen molar-refractivity contribution in [3.8, 4) is 90.8 Å². The Morgan fingerprint density at radius 3 is 1.20 bits per heavy atom. The third-order valence-electron chi connectivity index (χ3n) is 20.9. The van der Waals surface area contributed by atoms with Crippen LogP contribution in [-0.4, -0.2) is 39.0 Å². The molecule has 0 spiro atoms. The van der Waals surface area contributed by atoms with Gasteiger partial charge in [0.05, 0.1) is 33.2 Å². The number of para-hydroxylation sites is 7. The molecule has 0 atom stereocenters. The maximum absolute atomic E-state index is 6.85. The van der Waals surface area contributed by atoms with Crippen LogP contribution in [0.3, 0.4) is 0 Å². The molecule has 0 saturated heterocycles. The summed E-state index contributed by atoms with van der Waals surface area (Å²) in [6, 6.07) is 118. The summed E-state index contributed by atoms with van der Waals surface area (Å²) in [6.07, 6.45) is 0. The van der Waals surface area contributed by atoms with Crippen LogP contribution in [0.15, 0.2) is 353 Å². The topological polar surface area (TPSA) is 127 Å². The van der Waals surface area contributed by atoms with Gasteiger partial charge in [0.2, 0.25) is 0 Å². The van der Waals surface area contributed by atoms with Crippen LogP contribution in [0, 0.1) is 0 Å². The molecular formula is C96H56N8O3S. The minimum absolute atomic E-state index is 0.533. The zero-order valence-corrected chi connectivity index (χ0v) is 58.4. The van der Waals surface area contributed by atoms with Crippen molar-refractivity contribution in [3.05, 3.63) is 340 Å². The van der Waals surface area contributed by atoms with E-state index in [1.165, 1.54) is 30.9 Å². The van der Waals surface area contributed by atoms with Crippen molar-refractivity contribution < 1.29 is 13.3 Å². The quantitative estimate of drug-likeness (QED) is 0.139. The van der Waals surface area contributed by atoms with Crippen LogP contribution < -0.4 is 0 Å². The highest BCUT2D eigenvalue weighted by Gasteiger charge is 2.25. The summed E-state index contributed by atoms with van der Waals surface area (Å²) in [4.78, 5) is 30.8. The molecule has 8 heterocycles. The number of aromatic nitrogens is 8. The van der Waals surface area contributed by atoms with E-state index in [-0.39, 0.29) is 0 Å². The lowest BCUT2D eigenvalue weighted by molar-refractivity contribution is 0.669. The van der Waals surface area contributed by atoms with Crippen molar-refractivity contribution in [3.63, 3.8) is 0 Å². The fraction of sp³-hybridized carbons (Fsp3) is 0. The first-order valence-corrected chi connectivity index (χ1v) is 36.8. The number of hydrogen-bond donors (Lipinski definition) is 0. The van der Waals surface area contributed by atoms with Crippen LogP contribution in [0.25, 0.3) is 220 Å². The molecule has 0 aliphatic carbocycles. The minimum Gasteiger partial charge on any atom is -0.456 e. The van der Waals surface area contributed by atoms with Crippen molar-refractivity contribution in [1.82, 2.24) is 39.0 Å². The predicted molar refractivity (Wildman–Crippen MR) is 441 cm³/mol. The molecule has 8 aromatic heterocycles. The van der Waals surface area contributed by atoms with Gasteiger partial charge in [-0.1, -0.05) is 224 Å². The average Bonchev–Trinajstić information content (AvgIpc) is 1.57. The van der Waals surface area contributed by atoms with Crippen LogP contribution in [0.5, 0.6) is 0 Å². The van der Waals surface area contributed by atoms with E-state index in [1.54, 1.807) is 11.3 Å². The highest BCUT2D eigenvalue weighted by molar-refractivity contribution is 7.25. The van der Waals surface area contributed by atoms with Crippen molar-refractivity contribution in [1.29, 1.82) is 0 Å². The molecule has 504 valence electrons. The van der Waals surface area contributed by atoms with Crippen LogP contribution >= 0.6 is 11.3 Å².